The van der Waals surface area contributed by atoms with Crippen LogP contribution < -0.4 is 4.74 Å². The fourth-order valence-electron chi connectivity index (χ4n) is 4.03. The Bertz CT molecular complexity index is 1170. The molecule has 0 N–H and O–H groups in total. The number of fused-ring (bicyclic) bond motifs is 8. The van der Waals surface area contributed by atoms with Crippen molar-refractivity contribution in [2.75, 3.05) is 0 Å². The van der Waals surface area contributed by atoms with Gasteiger partial charge in [-0.15, -0.1) is 0 Å². The Morgan fingerprint density at radius 3 is 1.41 bits per heavy atom. The van der Waals surface area contributed by atoms with E-state index in [-0.39, 0.29) is 0 Å². The van der Waals surface area contributed by atoms with Gasteiger partial charge < -0.3 is 4.74 Å². The maximum absolute atomic E-state index is 11.1. The van der Waals surface area contributed by atoms with Gasteiger partial charge in [0.15, 0.2) is 0 Å². The second-order valence-electron chi connectivity index (χ2n) is 6.53. The molecule has 4 aromatic rings. The fraction of sp³-hybridized carbons (Fsp3) is 0. The predicted octanol–water partition coefficient (Wildman–Crippen LogP) is 6.20. The summed E-state index contributed by atoms with van der Waals surface area (Å²) >= 11 is 0. The highest BCUT2D eigenvalue weighted by molar-refractivity contribution is 6.04. The second-order valence-corrected chi connectivity index (χ2v) is 6.53. The zero-order valence-corrected chi connectivity index (χ0v) is 14.6. The monoisotopic (exact) mass is 348 g/mol. The molecule has 128 valence electrons. The Balaban J connectivity index is 2.00. The van der Waals surface area contributed by atoms with Crippen LogP contribution in [0.1, 0.15) is 0 Å². The topological polar surface area (TPSA) is 26.3 Å². The van der Waals surface area contributed by atoms with Gasteiger partial charge in [0.2, 0.25) is 0 Å². The van der Waals surface area contributed by atoms with Gasteiger partial charge in [-0.1, -0.05) is 84.9 Å². The third-order valence-electron chi connectivity index (χ3n) is 5.12. The van der Waals surface area contributed by atoms with Gasteiger partial charge >= 0.3 is 0 Å². The van der Waals surface area contributed by atoms with E-state index in [9.17, 15) is 4.79 Å². The van der Waals surface area contributed by atoms with Gasteiger partial charge in [-0.05, 0) is 45.0 Å². The molecule has 0 bridgehead atoms. The van der Waals surface area contributed by atoms with Crippen molar-refractivity contribution in [1.82, 2.24) is 0 Å². The van der Waals surface area contributed by atoms with Crippen LogP contribution in [-0.2, 0) is 4.79 Å². The average Bonchev–Trinajstić information content (AvgIpc) is 2.73. The number of carbonyl (C=O) groups excluding carboxylic acids is 1. The van der Waals surface area contributed by atoms with Crippen LogP contribution in [0.2, 0.25) is 0 Å². The van der Waals surface area contributed by atoms with Crippen LogP contribution in [0, 0.1) is 0 Å². The molecule has 0 saturated heterocycles. The third-order valence-corrected chi connectivity index (χ3v) is 5.12. The minimum atomic E-state index is 0.497. The first-order valence-corrected chi connectivity index (χ1v) is 8.90. The number of rotatable bonds is 2. The lowest BCUT2D eigenvalue weighted by Crippen LogP contribution is -1.99. The third kappa shape index (κ3) is 2.38. The molecule has 0 unspecified atom stereocenters. The number of carbonyl (C=O) groups is 1. The molecule has 27 heavy (non-hydrogen) atoms. The lowest BCUT2D eigenvalue weighted by atomic mass is 9.80. The van der Waals surface area contributed by atoms with Crippen LogP contribution in [0.5, 0.6) is 5.75 Å². The number of ether oxygens (including phenoxy) is 1. The van der Waals surface area contributed by atoms with E-state index in [1.165, 1.54) is 16.7 Å². The molecule has 0 amide bonds. The fourth-order valence-corrected chi connectivity index (χ4v) is 4.03. The van der Waals surface area contributed by atoms with Crippen molar-refractivity contribution in [3.63, 3.8) is 0 Å². The van der Waals surface area contributed by atoms with Crippen LogP contribution in [0.4, 0.5) is 0 Å². The van der Waals surface area contributed by atoms with Crippen molar-refractivity contribution in [2.24, 2.45) is 0 Å². The smallest absolute Gasteiger partial charge is 0.298 e. The van der Waals surface area contributed by atoms with E-state index in [0.29, 0.717) is 12.2 Å². The summed E-state index contributed by atoms with van der Waals surface area (Å²) in [6.07, 6.45) is 0. The minimum absolute atomic E-state index is 0.497. The van der Waals surface area contributed by atoms with Crippen LogP contribution in [-0.4, -0.2) is 6.47 Å². The van der Waals surface area contributed by atoms with Gasteiger partial charge in [-0.2, -0.15) is 0 Å². The molecule has 1 aliphatic rings. The molecular weight excluding hydrogens is 332 g/mol. The minimum Gasteiger partial charge on any atom is -0.428 e. The molecule has 0 heterocycles. The van der Waals surface area contributed by atoms with Crippen LogP contribution >= 0.6 is 0 Å². The Morgan fingerprint density at radius 2 is 0.889 bits per heavy atom. The van der Waals surface area contributed by atoms with Crippen LogP contribution in [0.25, 0.3) is 44.5 Å². The molecule has 0 atom stereocenters. The molecule has 0 fully saturated rings. The average molecular weight is 348 g/mol. The molecule has 4 aromatic carbocycles. The maximum atomic E-state index is 11.1. The van der Waals surface area contributed by atoms with E-state index in [0.717, 1.165) is 27.8 Å². The highest BCUT2D eigenvalue weighted by Gasteiger charge is 2.23. The van der Waals surface area contributed by atoms with Crippen molar-refractivity contribution in [1.29, 1.82) is 0 Å². The van der Waals surface area contributed by atoms with Gasteiger partial charge in [0.25, 0.3) is 6.47 Å². The van der Waals surface area contributed by atoms with Gasteiger partial charge in [-0.25, -0.2) is 0 Å². The lowest BCUT2D eigenvalue weighted by molar-refractivity contribution is -0.120. The molecule has 0 aliphatic heterocycles. The number of hydrogen-bond donors (Lipinski definition) is 0. The van der Waals surface area contributed by atoms with E-state index in [2.05, 4.69) is 60.7 Å². The van der Waals surface area contributed by atoms with Gasteiger partial charge in [-0.3, -0.25) is 4.79 Å². The summed E-state index contributed by atoms with van der Waals surface area (Å²) in [5, 5.41) is 0. The largest absolute Gasteiger partial charge is 0.428 e. The summed E-state index contributed by atoms with van der Waals surface area (Å²) in [6.45, 7) is 0.497. The standard InChI is InChI=1S/C25H16O2/c26-16-27-24-15-7-14-23-21-11-4-3-10-19(21)17-8-1-2-9-18(17)20-12-5-6-13-22(20)25(23)24/h1-16H. The highest BCUT2D eigenvalue weighted by atomic mass is 16.5. The second kappa shape index (κ2) is 6.26. The molecule has 2 heteroatoms. The molecule has 5 rings (SSSR count). The SMILES string of the molecule is O=COc1cccc2c1-c1ccccc1-c1ccccc1-c1ccccc1-2. The number of hydrogen-bond acceptors (Lipinski definition) is 2. The summed E-state index contributed by atoms with van der Waals surface area (Å²) in [5.74, 6) is 0.573. The number of benzene rings is 4. The van der Waals surface area contributed by atoms with Crippen LogP contribution in [0.3, 0.4) is 0 Å². The van der Waals surface area contributed by atoms with E-state index in [1.807, 2.05) is 30.3 Å². The van der Waals surface area contributed by atoms with Gasteiger partial charge in [0.1, 0.15) is 5.75 Å². The molecule has 0 saturated carbocycles. The van der Waals surface area contributed by atoms with Crippen molar-refractivity contribution in [3.05, 3.63) is 91.0 Å². The maximum Gasteiger partial charge on any atom is 0.298 e. The van der Waals surface area contributed by atoms with E-state index >= 15 is 0 Å². The van der Waals surface area contributed by atoms with Gasteiger partial charge in [0, 0.05) is 5.56 Å². The first-order chi connectivity index (χ1) is 13.4. The first kappa shape index (κ1) is 15.6. The molecule has 0 spiro atoms. The van der Waals surface area contributed by atoms with Crippen molar-refractivity contribution in [3.8, 4) is 50.3 Å². The highest BCUT2D eigenvalue weighted by Crippen LogP contribution is 2.49. The first-order valence-electron chi connectivity index (χ1n) is 8.90. The summed E-state index contributed by atoms with van der Waals surface area (Å²) in [7, 11) is 0. The Kier molecular flexibility index (Phi) is 3.61. The van der Waals surface area contributed by atoms with Gasteiger partial charge in [0.05, 0.1) is 0 Å². The molecule has 0 aromatic heterocycles. The van der Waals surface area contributed by atoms with Crippen LogP contribution in [0.15, 0.2) is 91.0 Å². The predicted molar refractivity (Wildman–Crippen MR) is 108 cm³/mol. The van der Waals surface area contributed by atoms with Crippen molar-refractivity contribution >= 4 is 6.47 Å². The quantitative estimate of drug-likeness (QED) is 0.355. The zero-order chi connectivity index (χ0) is 18.2. The summed E-state index contributed by atoms with van der Waals surface area (Å²) in [5.41, 5.74) is 8.88. The Labute approximate surface area is 157 Å². The van der Waals surface area contributed by atoms with E-state index in [4.69, 9.17) is 4.74 Å². The summed E-state index contributed by atoms with van der Waals surface area (Å²) in [4.78, 5) is 11.1. The molecule has 0 radical (unpaired) electrons. The van der Waals surface area contributed by atoms with E-state index < -0.39 is 0 Å². The van der Waals surface area contributed by atoms with E-state index in [1.54, 1.807) is 0 Å². The summed E-state index contributed by atoms with van der Waals surface area (Å²) in [6, 6.07) is 31.0. The normalized spacial score (nSPS) is 11.1. The van der Waals surface area contributed by atoms with Crippen molar-refractivity contribution in [2.45, 2.75) is 0 Å². The molecular formula is C25H16O2. The molecule has 2 nitrogen and oxygen atoms in total. The molecule has 1 aliphatic carbocycles. The Morgan fingerprint density at radius 1 is 0.481 bits per heavy atom. The zero-order valence-electron chi connectivity index (χ0n) is 14.6. The lowest BCUT2D eigenvalue weighted by Gasteiger charge is -2.24. The van der Waals surface area contributed by atoms with Crippen molar-refractivity contribution < 1.29 is 9.53 Å². The summed E-state index contributed by atoms with van der Waals surface area (Å²) < 4.78 is 5.38. The Hall–Kier alpha value is -3.65.